The fraction of sp³-hybridized carbons (Fsp3) is 0.467. The second-order valence-electron chi connectivity index (χ2n) is 12.2. The van der Waals surface area contributed by atoms with Crippen molar-refractivity contribution < 1.29 is 13.9 Å². The van der Waals surface area contributed by atoms with E-state index in [1.165, 1.54) is 0 Å². The van der Waals surface area contributed by atoms with Gasteiger partial charge in [0.1, 0.15) is 0 Å². The summed E-state index contributed by atoms with van der Waals surface area (Å²) < 4.78 is 13.1. The van der Waals surface area contributed by atoms with Gasteiger partial charge < -0.3 is 19.8 Å². The zero-order valence-electron chi connectivity index (χ0n) is 24.7. The molecule has 42 heavy (non-hydrogen) atoms. The summed E-state index contributed by atoms with van der Waals surface area (Å²) in [5.41, 5.74) is 4.47. The van der Waals surface area contributed by atoms with Crippen LogP contribution in [0.1, 0.15) is 80.8 Å². The summed E-state index contributed by atoms with van der Waals surface area (Å²) in [4.78, 5) is 24.8. The standard InChI is InChI=1S/C30H37N9O3/c1-18(2)39-15-21(13-32-39)33-29-31-10-8-24(35-29)19-6-7-23-20(12-19)14-38(22-16-41-17-22)11-9-25(23)34-26(40)27-36-37-28(42-27)30(3,4)5/h6-8,10,12-13,15,18,22,25H,9,11,14,16-17H2,1-5H3,(H,34,40)(H,31,33,35)/t25-/m0/s1. The van der Waals surface area contributed by atoms with Gasteiger partial charge in [-0.1, -0.05) is 32.9 Å². The second-order valence-corrected chi connectivity index (χ2v) is 12.2. The van der Waals surface area contributed by atoms with Crippen molar-refractivity contribution in [2.45, 2.75) is 71.1 Å². The average molecular weight is 572 g/mol. The van der Waals surface area contributed by atoms with Crippen molar-refractivity contribution in [1.29, 1.82) is 0 Å². The topological polar surface area (TPSA) is 136 Å². The highest BCUT2D eigenvalue weighted by atomic mass is 16.5. The molecule has 6 rings (SSSR count). The predicted octanol–water partition coefficient (Wildman–Crippen LogP) is 4.42. The first-order valence-corrected chi connectivity index (χ1v) is 14.4. The van der Waals surface area contributed by atoms with E-state index >= 15 is 0 Å². The van der Waals surface area contributed by atoms with Crippen LogP contribution >= 0.6 is 0 Å². The molecule has 12 heteroatoms. The first kappa shape index (κ1) is 28.0. The molecule has 0 spiro atoms. The molecule has 1 saturated heterocycles. The fourth-order valence-corrected chi connectivity index (χ4v) is 5.12. The molecule has 2 N–H and O–H groups in total. The number of carbonyl (C=O) groups excluding carboxylic acids is 1. The Kier molecular flexibility index (Phi) is 7.50. The first-order chi connectivity index (χ1) is 20.1. The van der Waals surface area contributed by atoms with Gasteiger partial charge in [0.15, 0.2) is 0 Å². The quantitative estimate of drug-likeness (QED) is 0.328. The highest BCUT2D eigenvalue weighted by Gasteiger charge is 2.32. The maximum Gasteiger partial charge on any atom is 0.309 e. The van der Waals surface area contributed by atoms with Gasteiger partial charge in [0.05, 0.1) is 42.9 Å². The van der Waals surface area contributed by atoms with E-state index in [2.05, 4.69) is 61.8 Å². The summed E-state index contributed by atoms with van der Waals surface area (Å²) in [6.07, 6.45) is 6.21. The molecule has 1 amide bonds. The predicted molar refractivity (Wildman–Crippen MR) is 156 cm³/mol. The van der Waals surface area contributed by atoms with Gasteiger partial charge in [-0.2, -0.15) is 5.10 Å². The van der Waals surface area contributed by atoms with E-state index in [4.69, 9.17) is 14.1 Å². The molecule has 12 nitrogen and oxygen atoms in total. The number of ether oxygens (including phenoxy) is 1. The Balaban J connectivity index is 1.26. The van der Waals surface area contributed by atoms with Crippen LogP contribution in [0.5, 0.6) is 0 Å². The van der Waals surface area contributed by atoms with Gasteiger partial charge in [-0.15, -0.1) is 10.2 Å². The molecule has 2 aliphatic rings. The Labute approximate surface area is 244 Å². The Morgan fingerprint density at radius 3 is 2.67 bits per heavy atom. The molecular formula is C30H37N9O3. The number of nitrogens with zero attached hydrogens (tertiary/aromatic N) is 7. The van der Waals surface area contributed by atoms with Crippen molar-refractivity contribution in [2.75, 3.05) is 25.1 Å². The lowest BCUT2D eigenvalue weighted by Gasteiger charge is -2.36. The van der Waals surface area contributed by atoms with Crippen LogP contribution in [0.3, 0.4) is 0 Å². The van der Waals surface area contributed by atoms with Crippen LogP contribution in [0.2, 0.25) is 0 Å². The highest BCUT2D eigenvalue weighted by molar-refractivity contribution is 5.89. The zero-order valence-corrected chi connectivity index (χ0v) is 24.7. The van der Waals surface area contributed by atoms with E-state index in [9.17, 15) is 4.79 Å². The largest absolute Gasteiger partial charge is 0.416 e. The number of rotatable bonds is 7. The van der Waals surface area contributed by atoms with Gasteiger partial charge in [-0.3, -0.25) is 14.4 Å². The van der Waals surface area contributed by atoms with Crippen LogP contribution in [-0.4, -0.2) is 66.6 Å². The Morgan fingerprint density at radius 1 is 1.14 bits per heavy atom. The van der Waals surface area contributed by atoms with Crippen molar-refractivity contribution >= 4 is 17.5 Å². The summed E-state index contributed by atoms with van der Waals surface area (Å²) in [5, 5.41) is 18.9. The van der Waals surface area contributed by atoms with Gasteiger partial charge in [0, 0.05) is 42.5 Å². The molecule has 0 unspecified atom stereocenters. The van der Waals surface area contributed by atoms with E-state index in [1.807, 2.05) is 43.8 Å². The first-order valence-electron chi connectivity index (χ1n) is 14.4. The lowest BCUT2D eigenvalue weighted by atomic mass is 9.96. The van der Waals surface area contributed by atoms with Crippen LogP contribution in [0.25, 0.3) is 11.3 Å². The maximum absolute atomic E-state index is 13.2. The molecule has 220 valence electrons. The number of anilines is 2. The van der Waals surface area contributed by atoms with Gasteiger partial charge >= 0.3 is 11.8 Å². The van der Waals surface area contributed by atoms with Crippen molar-refractivity contribution in [1.82, 2.24) is 40.2 Å². The Morgan fingerprint density at radius 2 is 1.98 bits per heavy atom. The van der Waals surface area contributed by atoms with Crippen LogP contribution in [0.15, 0.2) is 47.3 Å². The van der Waals surface area contributed by atoms with Crippen LogP contribution in [0, 0.1) is 0 Å². The summed E-state index contributed by atoms with van der Waals surface area (Å²) in [7, 11) is 0. The molecule has 0 saturated carbocycles. The second kappa shape index (κ2) is 11.3. The zero-order chi connectivity index (χ0) is 29.4. The monoisotopic (exact) mass is 571 g/mol. The number of fused-ring (bicyclic) bond motifs is 1. The summed E-state index contributed by atoms with van der Waals surface area (Å²) in [6.45, 7) is 13.1. The maximum atomic E-state index is 13.2. The van der Waals surface area contributed by atoms with E-state index < -0.39 is 0 Å². The molecule has 0 radical (unpaired) electrons. The number of amides is 1. The molecular weight excluding hydrogens is 534 g/mol. The van der Waals surface area contributed by atoms with Gasteiger partial charge in [-0.25, -0.2) is 9.97 Å². The number of aromatic nitrogens is 6. The number of carbonyl (C=O) groups is 1. The van der Waals surface area contributed by atoms with E-state index in [1.54, 1.807) is 12.4 Å². The van der Waals surface area contributed by atoms with Crippen LogP contribution in [0.4, 0.5) is 11.6 Å². The third kappa shape index (κ3) is 5.90. The summed E-state index contributed by atoms with van der Waals surface area (Å²) >= 11 is 0. The molecule has 4 aromatic rings. The molecule has 1 aromatic carbocycles. The van der Waals surface area contributed by atoms with Crippen LogP contribution in [-0.2, 0) is 16.7 Å². The van der Waals surface area contributed by atoms with Gasteiger partial charge in [0.2, 0.25) is 11.8 Å². The lowest BCUT2D eigenvalue weighted by molar-refractivity contribution is -0.0678. The molecule has 1 atom stereocenters. The minimum Gasteiger partial charge on any atom is -0.416 e. The van der Waals surface area contributed by atoms with E-state index in [0.717, 1.165) is 60.8 Å². The minimum absolute atomic E-state index is 0.0217. The normalized spacial score (nSPS) is 17.9. The van der Waals surface area contributed by atoms with E-state index in [0.29, 0.717) is 17.9 Å². The highest BCUT2D eigenvalue weighted by Crippen LogP contribution is 2.33. The van der Waals surface area contributed by atoms with Crippen molar-refractivity contribution in [3.63, 3.8) is 0 Å². The van der Waals surface area contributed by atoms with Crippen molar-refractivity contribution in [3.8, 4) is 11.3 Å². The fourth-order valence-electron chi connectivity index (χ4n) is 5.12. The van der Waals surface area contributed by atoms with Crippen molar-refractivity contribution in [2.24, 2.45) is 0 Å². The third-order valence-electron chi connectivity index (χ3n) is 7.64. The SMILES string of the molecule is CC(C)n1cc(Nc2nccc(-c3ccc4c(c3)CN(C3COC3)CC[C@@H]4NC(=O)c3nnc(C(C)(C)C)o3)n2)cn1. The molecule has 3 aromatic heterocycles. The molecule has 0 bridgehead atoms. The molecule has 0 aliphatic carbocycles. The van der Waals surface area contributed by atoms with Gasteiger partial charge in [-0.05, 0) is 43.5 Å². The van der Waals surface area contributed by atoms with Crippen molar-refractivity contribution in [3.05, 3.63) is 65.8 Å². The number of nitrogens with one attached hydrogen (secondary N) is 2. The Hall–Kier alpha value is -4.16. The number of hydrogen-bond donors (Lipinski definition) is 2. The Bertz CT molecular complexity index is 1570. The number of benzene rings is 1. The summed E-state index contributed by atoms with van der Waals surface area (Å²) in [5.74, 6) is 0.540. The van der Waals surface area contributed by atoms with E-state index in [-0.39, 0.29) is 29.3 Å². The number of hydrogen-bond acceptors (Lipinski definition) is 10. The lowest BCUT2D eigenvalue weighted by Crippen LogP contribution is -2.48. The molecule has 5 heterocycles. The summed E-state index contributed by atoms with van der Waals surface area (Å²) in [6, 6.07) is 8.63. The van der Waals surface area contributed by atoms with Gasteiger partial charge in [0.25, 0.3) is 0 Å². The minimum atomic E-state index is -0.370. The average Bonchev–Trinajstić information content (AvgIpc) is 3.57. The van der Waals surface area contributed by atoms with Crippen LogP contribution < -0.4 is 10.6 Å². The molecule has 2 aliphatic heterocycles. The molecule has 1 fully saturated rings. The third-order valence-corrected chi connectivity index (χ3v) is 7.64. The smallest absolute Gasteiger partial charge is 0.309 e.